The highest BCUT2D eigenvalue weighted by Gasteiger charge is 2.23. The summed E-state index contributed by atoms with van der Waals surface area (Å²) in [7, 11) is 0. The maximum Gasteiger partial charge on any atom is 0.216 e. The standard InChI is InChI=1S/C16H26N4O/c1-12-10-13(2)19-16(18-12)11-20-9-5-4-6-15(20)7-8-17-14(3)21/h10,15H,4-9,11H2,1-3H3,(H,17,21)/t15-/m1/s1. The molecule has 0 unspecified atom stereocenters. The number of rotatable bonds is 5. The zero-order valence-corrected chi connectivity index (χ0v) is 13.4. The molecular weight excluding hydrogens is 264 g/mol. The van der Waals surface area contributed by atoms with Crippen LogP contribution in [0.5, 0.6) is 0 Å². The van der Waals surface area contributed by atoms with Crippen molar-refractivity contribution in [1.29, 1.82) is 0 Å². The predicted octanol–water partition coefficient (Wildman–Crippen LogP) is 1.97. The van der Waals surface area contributed by atoms with Gasteiger partial charge in [-0.15, -0.1) is 0 Å². The van der Waals surface area contributed by atoms with Gasteiger partial charge in [-0.05, 0) is 45.7 Å². The second-order valence-electron chi connectivity index (χ2n) is 5.96. The fraction of sp³-hybridized carbons (Fsp3) is 0.688. The van der Waals surface area contributed by atoms with Crippen molar-refractivity contribution in [3.8, 4) is 0 Å². The van der Waals surface area contributed by atoms with Crippen molar-refractivity contribution in [3.63, 3.8) is 0 Å². The Morgan fingerprint density at radius 1 is 1.33 bits per heavy atom. The quantitative estimate of drug-likeness (QED) is 0.901. The molecule has 1 aromatic rings. The largest absolute Gasteiger partial charge is 0.356 e. The lowest BCUT2D eigenvalue weighted by Gasteiger charge is -2.35. The van der Waals surface area contributed by atoms with E-state index < -0.39 is 0 Å². The highest BCUT2D eigenvalue weighted by atomic mass is 16.1. The zero-order valence-electron chi connectivity index (χ0n) is 13.4. The van der Waals surface area contributed by atoms with E-state index in [-0.39, 0.29) is 5.91 Å². The summed E-state index contributed by atoms with van der Waals surface area (Å²) in [4.78, 5) is 22.6. The minimum atomic E-state index is 0.0509. The minimum absolute atomic E-state index is 0.0509. The summed E-state index contributed by atoms with van der Waals surface area (Å²) >= 11 is 0. The molecule has 1 amide bonds. The van der Waals surface area contributed by atoms with Crippen LogP contribution in [0.2, 0.25) is 0 Å². The topological polar surface area (TPSA) is 58.1 Å². The van der Waals surface area contributed by atoms with E-state index in [2.05, 4.69) is 20.2 Å². The van der Waals surface area contributed by atoms with Gasteiger partial charge >= 0.3 is 0 Å². The van der Waals surface area contributed by atoms with E-state index in [4.69, 9.17) is 0 Å². The van der Waals surface area contributed by atoms with Crippen LogP contribution in [0.25, 0.3) is 0 Å². The van der Waals surface area contributed by atoms with Gasteiger partial charge in [-0.25, -0.2) is 9.97 Å². The first-order valence-corrected chi connectivity index (χ1v) is 7.84. The Balaban J connectivity index is 1.96. The fourth-order valence-corrected chi connectivity index (χ4v) is 3.06. The first kappa shape index (κ1) is 15.9. The van der Waals surface area contributed by atoms with Crippen molar-refractivity contribution in [2.75, 3.05) is 13.1 Å². The lowest BCUT2D eigenvalue weighted by Crippen LogP contribution is -2.41. The maximum atomic E-state index is 11.0. The average Bonchev–Trinajstić information content (AvgIpc) is 2.39. The molecule has 1 aliphatic rings. The number of nitrogens with zero attached hydrogens (tertiary/aromatic N) is 3. The van der Waals surface area contributed by atoms with E-state index in [1.165, 1.54) is 19.3 Å². The third-order valence-corrected chi connectivity index (χ3v) is 3.97. The van der Waals surface area contributed by atoms with Crippen molar-refractivity contribution < 1.29 is 4.79 Å². The average molecular weight is 290 g/mol. The van der Waals surface area contributed by atoms with Gasteiger partial charge in [0.05, 0.1) is 6.54 Å². The summed E-state index contributed by atoms with van der Waals surface area (Å²) < 4.78 is 0. The molecule has 0 aromatic carbocycles. The van der Waals surface area contributed by atoms with Crippen LogP contribution >= 0.6 is 0 Å². The summed E-state index contributed by atoms with van der Waals surface area (Å²) in [6.07, 6.45) is 4.71. The van der Waals surface area contributed by atoms with Crippen molar-refractivity contribution in [2.45, 2.75) is 59.0 Å². The number of carbonyl (C=O) groups excluding carboxylic acids is 1. The summed E-state index contributed by atoms with van der Waals surface area (Å²) in [5.41, 5.74) is 2.06. The molecule has 1 aromatic heterocycles. The lowest BCUT2D eigenvalue weighted by molar-refractivity contribution is -0.119. The molecule has 5 nitrogen and oxygen atoms in total. The smallest absolute Gasteiger partial charge is 0.216 e. The van der Waals surface area contributed by atoms with Crippen LogP contribution in [-0.4, -0.2) is 39.9 Å². The molecule has 21 heavy (non-hydrogen) atoms. The Kier molecular flexibility index (Phi) is 5.67. The van der Waals surface area contributed by atoms with Crippen LogP contribution in [0.3, 0.4) is 0 Å². The van der Waals surface area contributed by atoms with Crippen LogP contribution in [-0.2, 0) is 11.3 Å². The number of amides is 1. The van der Waals surface area contributed by atoms with Gasteiger partial charge < -0.3 is 5.32 Å². The van der Waals surface area contributed by atoms with E-state index in [1.54, 1.807) is 6.92 Å². The molecular formula is C16H26N4O. The monoisotopic (exact) mass is 290 g/mol. The van der Waals surface area contributed by atoms with Crippen LogP contribution in [0.4, 0.5) is 0 Å². The van der Waals surface area contributed by atoms with Gasteiger partial charge in [-0.1, -0.05) is 6.42 Å². The van der Waals surface area contributed by atoms with Crippen molar-refractivity contribution in [2.24, 2.45) is 0 Å². The molecule has 0 saturated carbocycles. The lowest BCUT2D eigenvalue weighted by atomic mass is 9.99. The minimum Gasteiger partial charge on any atom is -0.356 e. The SMILES string of the molecule is CC(=O)NCC[C@H]1CCCCN1Cc1nc(C)cc(C)n1. The van der Waals surface area contributed by atoms with Gasteiger partial charge in [0.1, 0.15) is 5.82 Å². The maximum absolute atomic E-state index is 11.0. The molecule has 1 aliphatic heterocycles. The highest BCUT2D eigenvalue weighted by molar-refractivity contribution is 5.72. The number of likely N-dealkylation sites (tertiary alicyclic amines) is 1. The van der Waals surface area contributed by atoms with Gasteiger partial charge in [0.25, 0.3) is 0 Å². The summed E-state index contributed by atoms with van der Waals surface area (Å²) in [5.74, 6) is 0.967. The van der Waals surface area contributed by atoms with E-state index in [0.717, 1.165) is 43.3 Å². The molecule has 2 rings (SSSR count). The molecule has 0 radical (unpaired) electrons. The Hall–Kier alpha value is -1.49. The molecule has 116 valence electrons. The number of carbonyl (C=O) groups is 1. The summed E-state index contributed by atoms with van der Waals surface area (Å²) in [6.45, 7) is 8.27. The molecule has 5 heteroatoms. The van der Waals surface area contributed by atoms with Crippen LogP contribution < -0.4 is 5.32 Å². The van der Waals surface area contributed by atoms with Gasteiger partial charge in [0.2, 0.25) is 5.91 Å². The molecule has 1 atom stereocenters. The van der Waals surface area contributed by atoms with Gasteiger partial charge in [0.15, 0.2) is 0 Å². The Morgan fingerprint density at radius 2 is 2.05 bits per heavy atom. The fourth-order valence-electron chi connectivity index (χ4n) is 3.06. The molecule has 1 fully saturated rings. The third kappa shape index (κ3) is 5.08. The van der Waals surface area contributed by atoms with Crippen LogP contribution in [0, 0.1) is 13.8 Å². The Bertz CT molecular complexity index is 469. The van der Waals surface area contributed by atoms with Crippen molar-refractivity contribution in [3.05, 3.63) is 23.3 Å². The second-order valence-corrected chi connectivity index (χ2v) is 5.96. The summed E-state index contributed by atoms with van der Waals surface area (Å²) in [5, 5.41) is 2.90. The molecule has 1 N–H and O–H groups in total. The van der Waals surface area contributed by atoms with Gasteiger partial charge in [-0.3, -0.25) is 9.69 Å². The van der Waals surface area contributed by atoms with E-state index in [9.17, 15) is 4.79 Å². The van der Waals surface area contributed by atoms with Crippen LogP contribution in [0.15, 0.2) is 6.07 Å². The van der Waals surface area contributed by atoms with Crippen molar-refractivity contribution in [1.82, 2.24) is 20.2 Å². The predicted molar refractivity (Wildman–Crippen MR) is 82.9 cm³/mol. The van der Waals surface area contributed by atoms with E-state index in [1.807, 2.05) is 19.9 Å². The number of nitrogens with one attached hydrogen (secondary N) is 1. The third-order valence-electron chi connectivity index (χ3n) is 3.97. The number of aryl methyl sites for hydroxylation is 2. The van der Waals surface area contributed by atoms with Crippen LogP contribution in [0.1, 0.15) is 49.8 Å². The number of piperidine rings is 1. The number of hydrogen-bond acceptors (Lipinski definition) is 4. The number of aromatic nitrogens is 2. The second kappa shape index (κ2) is 7.50. The highest BCUT2D eigenvalue weighted by Crippen LogP contribution is 2.21. The zero-order chi connectivity index (χ0) is 15.2. The molecule has 0 bridgehead atoms. The first-order valence-electron chi connectivity index (χ1n) is 7.84. The Labute approximate surface area is 127 Å². The first-order chi connectivity index (χ1) is 10.0. The van der Waals surface area contributed by atoms with Gasteiger partial charge in [0, 0.05) is 30.9 Å². The van der Waals surface area contributed by atoms with Crippen molar-refractivity contribution >= 4 is 5.91 Å². The van der Waals surface area contributed by atoms with E-state index >= 15 is 0 Å². The number of hydrogen-bond donors (Lipinski definition) is 1. The molecule has 2 heterocycles. The van der Waals surface area contributed by atoms with E-state index in [0.29, 0.717) is 6.04 Å². The van der Waals surface area contributed by atoms with Gasteiger partial charge in [-0.2, -0.15) is 0 Å². The Morgan fingerprint density at radius 3 is 2.71 bits per heavy atom. The molecule has 0 aliphatic carbocycles. The molecule has 1 saturated heterocycles. The normalized spacial score (nSPS) is 19.5. The molecule has 0 spiro atoms. The summed E-state index contributed by atoms with van der Waals surface area (Å²) in [6, 6.07) is 2.53.